The molecule has 1 amide bonds. The fraction of sp³-hybridized carbons (Fsp3) is 0.0769. The Morgan fingerprint density at radius 2 is 1.84 bits per heavy atom. The average Bonchev–Trinajstić information content (AvgIpc) is 2.41. The molecule has 4 N–H and O–H groups in total. The van der Waals surface area contributed by atoms with E-state index >= 15 is 0 Å². The lowest BCUT2D eigenvalue weighted by Gasteiger charge is -2.11. The molecule has 0 radical (unpaired) electrons. The summed E-state index contributed by atoms with van der Waals surface area (Å²) in [4.78, 5) is 15.0. The maximum absolute atomic E-state index is 11.1. The number of carbonyl (C=O) groups excluding carboxylic acids is 1. The Bertz CT molecular complexity index is 614. The maximum atomic E-state index is 11.1. The number of nitrogens with zero attached hydrogens (tertiary/aromatic N) is 1. The Balaban J connectivity index is 2.37. The van der Waals surface area contributed by atoms with Crippen LogP contribution >= 0.6 is 0 Å². The highest BCUT2D eigenvalue weighted by Crippen LogP contribution is 2.32. The summed E-state index contributed by atoms with van der Waals surface area (Å²) in [6, 6.07) is 9.99. The molecule has 1 aromatic carbocycles. The summed E-state index contributed by atoms with van der Waals surface area (Å²) in [5.41, 5.74) is 11.3. The Kier molecular flexibility index (Phi) is 3.51. The molecule has 0 saturated heterocycles. The zero-order chi connectivity index (χ0) is 13.8. The van der Waals surface area contributed by atoms with Crippen LogP contribution in [0.1, 0.15) is 10.5 Å². The standard InChI is InChI=1S/C13H13N3O3/c1-18-10-4-2-3-5-11(10)19-13-8(14)6-7-9(16-13)12(15)17/h2-7H,14H2,1H3,(H2,15,17). The molecule has 6 heteroatoms. The van der Waals surface area contributed by atoms with Crippen LogP contribution in [0.5, 0.6) is 17.4 Å². The zero-order valence-electron chi connectivity index (χ0n) is 10.3. The number of rotatable bonds is 4. The number of pyridine rings is 1. The first-order valence-corrected chi connectivity index (χ1v) is 5.49. The van der Waals surface area contributed by atoms with Gasteiger partial charge < -0.3 is 20.9 Å². The van der Waals surface area contributed by atoms with E-state index in [1.54, 1.807) is 18.2 Å². The number of primary amides is 1. The quantitative estimate of drug-likeness (QED) is 0.867. The van der Waals surface area contributed by atoms with E-state index in [0.29, 0.717) is 17.2 Å². The van der Waals surface area contributed by atoms with Crippen molar-refractivity contribution in [2.45, 2.75) is 0 Å². The van der Waals surface area contributed by atoms with Gasteiger partial charge in [-0.2, -0.15) is 0 Å². The topological polar surface area (TPSA) is 100 Å². The molecule has 19 heavy (non-hydrogen) atoms. The van der Waals surface area contributed by atoms with E-state index in [2.05, 4.69) is 4.98 Å². The van der Waals surface area contributed by atoms with Gasteiger partial charge in [0.15, 0.2) is 11.5 Å². The summed E-state index contributed by atoms with van der Waals surface area (Å²) >= 11 is 0. The third-order valence-corrected chi connectivity index (χ3v) is 2.42. The number of nitrogen functional groups attached to an aromatic ring is 1. The zero-order valence-corrected chi connectivity index (χ0v) is 10.3. The molecule has 0 spiro atoms. The van der Waals surface area contributed by atoms with Crippen LogP contribution in [0.15, 0.2) is 36.4 Å². The number of aromatic nitrogens is 1. The molecule has 0 aliphatic heterocycles. The molecule has 0 fully saturated rings. The summed E-state index contributed by atoms with van der Waals surface area (Å²) in [7, 11) is 1.53. The van der Waals surface area contributed by atoms with Crippen molar-refractivity contribution < 1.29 is 14.3 Å². The van der Waals surface area contributed by atoms with E-state index in [9.17, 15) is 4.79 Å². The first-order valence-electron chi connectivity index (χ1n) is 5.49. The SMILES string of the molecule is COc1ccccc1Oc1nc(C(N)=O)ccc1N. The van der Waals surface area contributed by atoms with E-state index in [0.717, 1.165) is 0 Å². The van der Waals surface area contributed by atoms with Crippen LogP contribution in [-0.4, -0.2) is 18.0 Å². The van der Waals surface area contributed by atoms with Crippen molar-refractivity contribution in [1.82, 2.24) is 4.98 Å². The summed E-state index contributed by atoms with van der Waals surface area (Å²) in [5, 5.41) is 0. The van der Waals surface area contributed by atoms with Gasteiger partial charge in [-0.1, -0.05) is 12.1 Å². The van der Waals surface area contributed by atoms with Crippen LogP contribution in [0.4, 0.5) is 5.69 Å². The van der Waals surface area contributed by atoms with Gasteiger partial charge in [0.05, 0.1) is 12.8 Å². The van der Waals surface area contributed by atoms with Gasteiger partial charge in [0, 0.05) is 0 Å². The number of methoxy groups -OCH3 is 1. The van der Waals surface area contributed by atoms with E-state index in [1.165, 1.54) is 19.2 Å². The first-order chi connectivity index (χ1) is 9.11. The van der Waals surface area contributed by atoms with Gasteiger partial charge in [-0.25, -0.2) is 4.98 Å². The number of hydrogen-bond acceptors (Lipinski definition) is 5. The summed E-state index contributed by atoms with van der Waals surface area (Å²) in [6.07, 6.45) is 0. The van der Waals surface area contributed by atoms with Crippen molar-refractivity contribution in [3.63, 3.8) is 0 Å². The lowest BCUT2D eigenvalue weighted by molar-refractivity contribution is 0.0995. The fourth-order valence-electron chi connectivity index (χ4n) is 1.48. The second kappa shape index (κ2) is 5.26. The third kappa shape index (κ3) is 2.74. The molecule has 2 aromatic rings. The number of amides is 1. The molecule has 1 heterocycles. The predicted octanol–water partition coefficient (Wildman–Crippen LogP) is 1.56. The second-order valence-corrected chi connectivity index (χ2v) is 3.71. The van der Waals surface area contributed by atoms with Crippen LogP contribution in [0, 0.1) is 0 Å². The van der Waals surface area contributed by atoms with Crippen LogP contribution in [0.25, 0.3) is 0 Å². The van der Waals surface area contributed by atoms with Crippen molar-refractivity contribution in [1.29, 1.82) is 0 Å². The highest BCUT2D eigenvalue weighted by atomic mass is 16.5. The summed E-state index contributed by atoms with van der Waals surface area (Å²) in [5.74, 6) is 0.449. The van der Waals surface area contributed by atoms with Crippen LogP contribution in [0.3, 0.4) is 0 Å². The number of ether oxygens (including phenoxy) is 2. The molecule has 0 saturated carbocycles. The van der Waals surface area contributed by atoms with Gasteiger partial charge in [0.1, 0.15) is 5.69 Å². The van der Waals surface area contributed by atoms with Gasteiger partial charge in [0.25, 0.3) is 5.91 Å². The minimum atomic E-state index is -0.648. The Morgan fingerprint density at radius 3 is 2.47 bits per heavy atom. The number of benzene rings is 1. The Morgan fingerprint density at radius 1 is 1.16 bits per heavy atom. The second-order valence-electron chi connectivity index (χ2n) is 3.71. The number of carbonyl (C=O) groups is 1. The van der Waals surface area contributed by atoms with Gasteiger partial charge in [-0.3, -0.25) is 4.79 Å². The van der Waals surface area contributed by atoms with Crippen molar-refractivity contribution in [2.24, 2.45) is 5.73 Å². The third-order valence-electron chi connectivity index (χ3n) is 2.42. The van der Waals surface area contributed by atoms with Gasteiger partial charge in [-0.05, 0) is 24.3 Å². The lowest BCUT2D eigenvalue weighted by atomic mass is 10.3. The molecule has 0 aliphatic rings. The molecule has 0 aliphatic carbocycles. The summed E-state index contributed by atoms with van der Waals surface area (Å²) < 4.78 is 10.7. The minimum absolute atomic E-state index is 0.0825. The monoisotopic (exact) mass is 259 g/mol. The van der Waals surface area contributed by atoms with E-state index in [4.69, 9.17) is 20.9 Å². The van der Waals surface area contributed by atoms with E-state index in [1.807, 2.05) is 6.07 Å². The van der Waals surface area contributed by atoms with Crippen molar-refractivity contribution in [3.8, 4) is 17.4 Å². The fourth-order valence-corrected chi connectivity index (χ4v) is 1.48. The van der Waals surface area contributed by atoms with Crippen molar-refractivity contribution >= 4 is 11.6 Å². The largest absolute Gasteiger partial charge is 0.493 e. The molecular weight excluding hydrogens is 246 g/mol. The van der Waals surface area contributed by atoms with Gasteiger partial charge in [-0.15, -0.1) is 0 Å². The smallest absolute Gasteiger partial charge is 0.267 e. The molecular formula is C13H13N3O3. The number of para-hydroxylation sites is 2. The van der Waals surface area contributed by atoms with Crippen molar-refractivity contribution in [2.75, 3.05) is 12.8 Å². The lowest BCUT2D eigenvalue weighted by Crippen LogP contribution is -2.13. The highest BCUT2D eigenvalue weighted by Gasteiger charge is 2.11. The highest BCUT2D eigenvalue weighted by molar-refractivity contribution is 5.91. The van der Waals surface area contributed by atoms with Gasteiger partial charge in [0.2, 0.25) is 5.88 Å². The molecule has 2 rings (SSSR count). The summed E-state index contributed by atoms with van der Waals surface area (Å²) in [6.45, 7) is 0. The molecule has 0 unspecified atom stereocenters. The maximum Gasteiger partial charge on any atom is 0.267 e. The molecule has 0 atom stereocenters. The van der Waals surface area contributed by atoms with Crippen LogP contribution in [-0.2, 0) is 0 Å². The molecule has 98 valence electrons. The normalized spacial score (nSPS) is 9.95. The number of hydrogen-bond donors (Lipinski definition) is 2. The van der Waals surface area contributed by atoms with Gasteiger partial charge >= 0.3 is 0 Å². The number of anilines is 1. The molecule has 1 aromatic heterocycles. The van der Waals surface area contributed by atoms with Crippen molar-refractivity contribution in [3.05, 3.63) is 42.1 Å². The predicted molar refractivity (Wildman–Crippen MR) is 70.2 cm³/mol. The Hall–Kier alpha value is -2.76. The Labute approximate surface area is 110 Å². The number of nitrogens with two attached hydrogens (primary N) is 2. The average molecular weight is 259 g/mol. The molecule has 0 bridgehead atoms. The van der Waals surface area contributed by atoms with Crippen LogP contribution < -0.4 is 20.9 Å². The first kappa shape index (κ1) is 12.7. The van der Waals surface area contributed by atoms with Crippen LogP contribution in [0.2, 0.25) is 0 Å². The molecule has 6 nitrogen and oxygen atoms in total. The van der Waals surface area contributed by atoms with E-state index in [-0.39, 0.29) is 11.6 Å². The van der Waals surface area contributed by atoms with E-state index < -0.39 is 5.91 Å². The minimum Gasteiger partial charge on any atom is -0.493 e.